The van der Waals surface area contributed by atoms with Gasteiger partial charge in [-0.1, -0.05) is 6.07 Å². The molecule has 1 aromatic heterocycles. The van der Waals surface area contributed by atoms with Crippen molar-refractivity contribution in [2.45, 2.75) is 0 Å². The van der Waals surface area contributed by atoms with Gasteiger partial charge in [0, 0.05) is 30.1 Å². The fraction of sp³-hybridized carbons (Fsp3) is 0. The van der Waals surface area contributed by atoms with E-state index in [1.165, 1.54) is 30.6 Å². The minimum atomic E-state index is -0.581. The van der Waals surface area contributed by atoms with Crippen LogP contribution in [0.4, 0.5) is 5.69 Å². The number of nitro groups is 1. The van der Waals surface area contributed by atoms with Crippen molar-refractivity contribution in [2.24, 2.45) is 5.10 Å². The number of carbonyl (C=O) groups is 2. The number of nitro benzene ring substituents is 1. The van der Waals surface area contributed by atoms with Gasteiger partial charge in [-0.15, -0.1) is 0 Å². The Labute approximate surface area is 164 Å². The third kappa shape index (κ3) is 5.30. The summed E-state index contributed by atoms with van der Waals surface area (Å²) in [4.78, 5) is 38.0. The zero-order valence-corrected chi connectivity index (χ0v) is 14.9. The molecule has 1 heterocycles. The molecule has 0 atom stereocenters. The Morgan fingerprint density at radius 1 is 1.07 bits per heavy atom. The lowest BCUT2D eigenvalue weighted by Crippen LogP contribution is -2.17. The van der Waals surface area contributed by atoms with Crippen molar-refractivity contribution in [3.63, 3.8) is 0 Å². The van der Waals surface area contributed by atoms with E-state index in [2.05, 4.69) is 15.5 Å². The standard InChI is InChI=1S/C20H14N4O5/c25-19(15-3-1-5-17(11-15)24(27)28)23-22-12-14-6-8-18(9-7-14)29-20(26)16-4-2-10-21-13-16/h1-13H,(H,23,25)/b22-12-. The maximum atomic E-state index is 12.0. The molecule has 0 spiro atoms. The number of pyridine rings is 1. The van der Waals surface area contributed by atoms with Crippen molar-refractivity contribution in [3.05, 3.63) is 99.9 Å². The molecule has 0 saturated heterocycles. The van der Waals surface area contributed by atoms with E-state index in [-0.39, 0.29) is 11.3 Å². The summed E-state index contributed by atoms with van der Waals surface area (Å²) in [6.07, 6.45) is 4.36. The van der Waals surface area contributed by atoms with Crippen LogP contribution in [-0.2, 0) is 0 Å². The predicted molar refractivity (Wildman–Crippen MR) is 104 cm³/mol. The van der Waals surface area contributed by atoms with Crippen molar-refractivity contribution in [3.8, 4) is 5.75 Å². The molecule has 29 heavy (non-hydrogen) atoms. The number of non-ortho nitro benzene ring substituents is 1. The SMILES string of the molecule is O=C(N/N=C\c1ccc(OC(=O)c2cccnc2)cc1)c1cccc([N+](=O)[O-])c1. The molecule has 3 rings (SSSR count). The lowest BCUT2D eigenvalue weighted by atomic mass is 10.2. The molecule has 1 amide bonds. The van der Waals surface area contributed by atoms with E-state index in [1.54, 1.807) is 42.6 Å². The van der Waals surface area contributed by atoms with Gasteiger partial charge in [-0.25, -0.2) is 10.2 Å². The Balaban J connectivity index is 1.57. The van der Waals surface area contributed by atoms with Crippen LogP contribution in [0.2, 0.25) is 0 Å². The number of hydrogen-bond acceptors (Lipinski definition) is 7. The minimum Gasteiger partial charge on any atom is -0.423 e. The molecule has 3 aromatic rings. The molecule has 1 N–H and O–H groups in total. The predicted octanol–water partition coefficient (Wildman–Crippen LogP) is 2.97. The van der Waals surface area contributed by atoms with E-state index in [9.17, 15) is 19.7 Å². The highest BCUT2D eigenvalue weighted by molar-refractivity contribution is 5.95. The lowest BCUT2D eigenvalue weighted by molar-refractivity contribution is -0.384. The molecule has 0 bridgehead atoms. The van der Waals surface area contributed by atoms with Crippen LogP contribution in [0, 0.1) is 10.1 Å². The van der Waals surface area contributed by atoms with Crippen LogP contribution in [-0.4, -0.2) is 28.0 Å². The van der Waals surface area contributed by atoms with Gasteiger partial charge in [-0.2, -0.15) is 5.10 Å². The van der Waals surface area contributed by atoms with Crippen LogP contribution in [0.3, 0.4) is 0 Å². The number of nitrogens with one attached hydrogen (secondary N) is 1. The number of nitrogens with zero attached hydrogens (tertiary/aromatic N) is 3. The summed E-state index contributed by atoms with van der Waals surface area (Å²) in [5.41, 5.74) is 3.21. The topological polar surface area (TPSA) is 124 Å². The van der Waals surface area contributed by atoms with Crippen molar-refractivity contribution < 1.29 is 19.2 Å². The quantitative estimate of drug-likeness (QED) is 0.227. The first-order valence-corrected chi connectivity index (χ1v) is 8.33. The number of esters is 1. The highest BCUT2D eigenvalue weighted by atomic mass is 16.6. The first-order chi connectivity index (χ1) is 14.0. The monoisotopic (exact) mass is 390 g/mol. The molecule has 0 aliphatic rings. The van der Waals surface area contributed by atoms with Gasteiger partial charge in [-0.3, -0.25) is 19.9 Å². The van der Waals surface area contributed by atoms with E-state index in [1.807, 2.05) is 0 Å². The van der Waals surface area contributed by atoms with Gasteiger partial charge < -0.3 is 4.74 Å². The molecule has 0 unspecified atom stereocenters. The average Bonchev–Trinajstić information content (AvgIpc) is 2.75. The van der Waals surface area contributed by atoms with Gasteiger partial charge in [-0.05, 0) is 48.0 Å². The van der Waals surface area contributed by atoms with Crippen molar-refractivity contribution in [2.75, 3.05) is 0 Å². The maximum Gasteiger partial charge on any atom is 0.345 e. The van der Waals surface area contributed by atoms with Crippen molar-refractivity contribution in [1.29, 1.82) is 0 Å². The van der Waals surface area contributed by atoms with Crippen LogP contribution < -0.4 is 10.2 Å². The van der Waals surface area contributed by atoms with E-state index in [0.29, 0.717) is 16.9 Å². The Kier molecular flexibility index (Phi) is 6.01. The molecule has 0 aliphatic carbocycles. The van der Waals surface area contributed by atoms with Gasteiger partial charge >= 0.3 is 5.97 Å². The van der Waals surface area contributed by atoms with Crippen LogP contribution in [0.15, 0.2) is 78.2 Å². The summed E-state index contributed by atoms with van der Waals surface area (Å²) in [6.45, 7) is 0. The van der Waals surface area contributed by atoms with Gasteiger partial charge in [0.15, 0.2) is 0 Å². The van der Waals surface area contributed by atoms with Crippen LogP contribution in [0.1, 0.15) is 26.3 Å². The summed E-state index contributed by atoms with van der Waals surface area (Å²) in [6, 6.07) is 15.0. The third-order valence-electron chi connectivity index (χ3n) is 3.69. The first kappa shape index (κ1) is 19.4. The number of rotatable bonds is 6. The smallest absolute Gasteiger partial charge is 0.345 e. The molecule has 0 radical (unpaired) electrons. The second-order valence-corrected chi connectivity index (χ2v) is 5.71. The van der Waals surface area contributed by atoms with E-state index >= 15 is 0 Å². The number of benzene rings is 2. The number of hydrazone groups is 1. The maximum absolute atomic E-state index is 12.0. The lowest BCUT2D eigenvalue weighted by Gasteiger charge is -2.04. The molecule has 2 aromatic carbocycles. The second-order valence-electron chi connectivity index (χ2n) is 5.71. The van der Waals surface area contributed by atoms with Gasteiger partial charge in [0.2, 0.25) is 0 Å². The molecule has 0 saturated carbocycles. The van der Waals surface area contributed by atoms with Crippen molar-refractivity contribution >= 4 is 23.8 Å². The van der Waals surface area contributed by atoms with Gasteiger partial charge in [0.25, 0.3) is 11.6 Å². The number of ether oxygens (including phenoxy) is 1. The normalized spacial score (nSPS) is 10.5. The Bertz CT molecular complexity index is 1070. The fourth-order valence-electron chi connectivity index (χ4n) is 2.26. The van der Waals surface area contributed by atoms with Gasteiger partial charge in [0.1, 0.15) is 5.75 Å². The summed E-state index contributed by atoms with van der Waals surface area (Å²) in [5.74, 6) is -0.757. The zero-order valence-electron chi connectivity index (χ0n) is 14.9. The summed E-state index contributed by atoms with van der Waals surface area (Å²) in [5, 5.41) is 14.6. The summed E-state index contributed by atoms with van der Waals surface area (Å²) >= 11 is 0. The highest BCUT2D eigenvalue weighted by Gasteiger charge is 2.11. The largest absolute Gasteiger partial charge is 0.423 e. The van der Waals surface area contributed by atoms with Crippen molar-refractivity contribution in [1.82, 2.24) is 10.4 Å². The number of amides is 1. The number of carbonyl (C=O) groups excluding carboxylic acids is 2. The molecule has 9 nitrogen and oxygen atoms in total. The second kappa shape index (κ2) is 9.00. The summed E-state index contributed by atoms with van der Waals surface area (Å²) in [7, 11) is 0. The van der Waals surface area contributed by atoms with Gasteiger partial charge in [0.05, 0.1) is 16.7 Å². The van der Waals surface area contributed by atoms with E-state index < -0.39 is 16.8 Å². The minimum absolute atomic E-state index is 0.119. The van der Waals surface area contributed by atoms with E-state index in [0.717, 1.165) is 6.07 Å². The molecular formula is C20H14N4O5. The number of hydrogen-bond donors (Lipinski definition) is 1. The van der Waals surface area contributed by atoms with Crippen LogP contribution in [0.25, 0.3) is 0 Å². The van der Waals surface area contributed by atoms with E-state index in [4.69, 9.17) is 4.74 Å². The molecule has 0 aliphatic heterocycles. The molecule has 0 fully saturated rings. The number of aromatic nitrogens is 1. The fourth-order valence-corrected chi connectivity index (χ4v) is 2.26. The Hall–Kier alpha value is -4.40. The molecule has 144 valence electrons. The highest BCUT2D eigenvalue weighted by Crippen LogP contribution is 2.14. The van der Waals surface area contributed by atoms with Crippen LogP contribution >= 0.6 is 0 Å². The first-order valence-electron chi connectivity index (χ1n) is 8.33. The Morgan fingerprint density at radius 3 is 2.52 bits per heavy atom. The molecular weight excluding hydrogens is 376 g/mol. The van der Waals surface area contributed by atoms with Crippen LogP contribution in [0.5, 0.6) is 5.75 Å². The zero-order chi connectivity index (χ0) is 20.6. The Morgan fingerprint density at radius 2 is 1.83 bits per heavy atom. The third-order valence-corrected chi connectivity index (χ3v) is 3.69. The summed E-state index contributed by atoms with van der Waals surface area (Å²) < 4.78 is 5.24. The average molecular weight is 390 g/mol. The molecule has 9 heteroatoms.